The number of aromatic amines is 1. The summed E-state index contributed by atoms with van der Waals surface area (Å²) in [5.41, 5.74) is 1.86. The normalized spacial score (nSPS) is 10.6. The van der Waals surface area contributed by atoms with Crippen molar-refractivity contribution in [2.45, 2.75) is 0 Å². The van der Waals surface area contributed by atoms with Crippen molar-refractivity contribution in [2.75, 3.05) is 0 Å². The standard InChI is InChI=1S/C12H9N3OS/c17-12-14-13-11(9-6-7-16-8-9)15(12)10-4-2-1-3-5-10/h1-8H,(H,14,17). The highest BCUT2D eigenvalue weighted by Crippen LogP contribution is 2.21. The van der Waals surface area contributed by atoms with Crippen LogP contribution in [-0.4, -0.2) is 14.8 Å². The summed E-state index contributed by atoms with van der Waals surface area (Å²) in [6.07, 6.45) is 3.26. The molecule has 1 aromatic carbocycles. The first-order valence-electron chi connectivity index (χ1n) is 5.11. The minimum Gasteiger partial charge on any atom is -0.472 e. The molecule has 0 spiro atoms. The fraction of sp³-hybridized carbons (Fsp3) is 0. The van der Waals surface area contributed by atoms with Gasteiger partial charge in [0.15, 0.2) is 10.6 Å². The summed E-state index contributed by atoms with van der Waals surface area (Å²) >= 11 is 5.24. The molecule has 2 aromatic heterocycles. The number of rotatable bonds is 2. The third-order valence-electron chi connectivity index (χ3n) is 2.47. The molecule has 4 nitrogen and oxygen atoms in total. The van der Waals surface area contributed by atoms with E-state index in [4.69, 9.17) is 16.6 Å². The van der Waals surface area contributed by atoms with Crippen LogP contribution in [-0.2, 0) is 0 Å². The van der Waals surface area contributed by atoms with Crippen molar-refractivity contribution in [3.05, 3.63) is 53.7 Å². The summed E-state index contributed by atoms with van der Waals surface area (Å²) in [4.78, 5) is 0. The van der Waals surface area contributed by atoms with Gasteiger partial charge in [-0.25, -0.2) is 0 Å². The first-order valence-corrected chi connectivity index (χ1v) is 5.52. The minimum atomic E-state index is 0.562. The van der Waals surface area contributed by atoms with E-state index in [9.17, 15) is 0 Å². The number of nitrogens with one attached hydrogen (secondary N) is 1. The number of para-hydroxylation sites is 1. The number of nitrogens with zero attached hydrogens (tertiary/aromatic N) is 2. The second-order valence-corrected chi connectivity index (χ2v) is 3.92. The molecular weight excluding hydrogens is 234 g/mol. The van der Waals surface area contributed by atoms with Crippen LogP contribution in [0.4, 0.5) is 0 Å². The Morgan fingerprint density at radius 3 is 2.71 bits per heavy atom. The fourth-order valence-corrected chi connectivity index (χ4v) is 1.94. The van der Waals surface area contributed by atoms with Gasteiger partial charge in [0.25, 0.3) is 0 Å². The predicted octanol–water partition coefficient (Wildman–Crippen LogP) is 3.19. The Balaban J connectivity index is 2.24. The molecule has 0 saturated carbocycles. The second-order valence-electron chi connectivity index (χ2n) is 3.54. The van der Waals surface area contributed by atoms with Gasteiger partial charge >= 0.3 is 0 Å². The lowest BCUT2D eigenvalue weighted by Crippen LogP contribution is -1.96. The molecule has 2 heterocycles. The highest BCUT2D eigenvalue weighted by Gasteiger charge is 2.10. The molecule has 0 unspecified atom stereocenters. The maximum absolute atomic E-state index is 5.24. The topological polar surface area (TPSA) is 46.8 Å². The first kappa shape index (κ1) is 10.0. The summed E-state index contributed by atoms with van der Waals surface area (Å²) in [7, 11) is 0. The summed E-state index contributed by atoms with van der Waals surface area (Å²) in [5, 5.41) is 7.02. The van der Waals surface area contributed by atoms with E-state index < -0.39 is 0 Å². The van der Waals surface area contributed by atoms with Gasteiger partial charge in [0.2, 0.25) is 0 Å². The molecule has 0 aliphatic heterocycles. The van der Waals surface area contributed by atoms with Crippen LogP contribution in [0.2, 0.25) is 0 Å². The lowest BCUT2D eigenvalue weighted by atomic mass is 10.3. The van der Waals surface area contributed by atoms with Gasteiger partial charge < -0.3 is 4.42 Å². The van der Waals surface area contributed by atoms with Gasteiger partial charge in [-0.3, -0.25) is 9.67 Å². The van der Waals surface area contributed by atoms with Gasteiger partial charge in [0, 0.05) is 5.69 Å². The average molecular weight is 243 g/mol. The van der Waals surface area contributed by atoms with Gasteiger partial charge in [-0.15, -0.1) is 0 Å². The van der Waals surface area contributed by atoms with Crippen molar-refractivity contribution < 1.29 is 4.42 Å². The summed E-state index contributed by atoms with van der Waals surface area (Å²) in [5.74, 6) is 0.745. The molecule has 3 aromatic rings. The highest BCUT2D eigenvalue weighted by molar-refractivity contribution is 7.71. The van der Waals surface area contributed by atoms with Gasteiger partial charge in [-0.05, 0) is 30.4 Å². The van der Waals surface area contributed by atoms with Crippen molar-refractivity contribution in [1.29, 1.82) is 0 Å². The lowest BCUT2D eigenvalue weighted by Gasteiger charge is -2.04. The van der Waals surface area contributed by atoms with Crippen LogP contribution < -0.4 is 0 Å². The molecule has 0 aliphatic rings. The van der Waals surface area contributed by atoms with Gasteiger partial charge in [-0.1, -0.05) is 18.2 Å². The quantitative estimate of drug-likeness (QED) is 0.703. The molecule has 0 aliphatic carbocycles. The molecule has 0 radical (unpaired) electrons. The van der Waals surface area contributed by atoms with Crippen LogP contribution in [0.25, 0.3) is 17.1 Å². The second kappa shape index (κ2) is 4.03. The van der Waals surface area contributed by atoms with E-state index in [1.54, 1.807) is 12.5 Å². The van der Waals surface area contributed by atoms with E-state index in [1.807, 2.05) is 41.0 Å². The Bertz CT molecular complexity index is 667. The molecule has 0 amide bonds. The molecule has 0 bridgehead atoms. The van der Waals surface area contributed by atoms with Crippen LogP contribution in [0.15, 0.2) is 53.3 Å². The third kappa shape index (κ3) is 1.70. The number of H-pyrrole nitrogens is 1. The van der Waals surface area contributed by atoms with Gasteiger partial charge in [-0.2, -0.15) is 5.10 Å². The molecule has 1 N–H and O–H groups in total. The number of furan rings is 1. The maximum atomic E-state index is 5.24. The molecular formula is C12H9N3OS. The van der Waals surface area contributed by atoms with E-state index in [0.29, 0.717) is 4.77 Å². The number of hydrogen-bond acceptors (Lipinski definition) is 3. The zero-order valence-electron chi connectivity index (χ0n) is 8.83. The Morgan fingerprint density at radius 1 is 1.18 bits per heavy atom. The van der Waals surface area contributed by atoms with Gasteiger partial charge in [0.05, 0.1) is 11.8 Å². The highest BCUT2D eigenvalue weighted by atomic mass is 32.1. The van der Waals surface area contributed by atoms with Crippen LogP contribution >= 0.6 is 12.2 Å². The SMILES string of the molecule is S=c1[nH]nc(-c2ccoc2)n1-c1ccccc1. The largest absolute Gasteiger partial charge is 0.472 e. The van der Waals surface area contributed by atoms with Gasteiger partial charge in [0.1, 0.15) is 6.26 Å². The summed E-state index contributed by atoms with van der Waals surface area (Å²) < 4.78 is 7.51. The molecule has 3 rings (SSSR count). The Morgan fingerprint density at radius 2 is 2.00 bits per heavy atom. The van der Waals surface area contributed by atoms with E-state index in [2.05, 4.69) is 10.2 Å². The summed E-state index contributed by atoms with van der Waals surface area (Å²) in [6, 6.07) is 11.7. The average Bonchev–Trinajstić information content (AvgIpc) is 2.98. The zero-order chi connectivity index (χ0) is 11.7. The molecule has 0 fully saturated rings. The van der Waals surface area contributed by atoms with Crippen LogP contribution in [0, 0.1) is 4.77 Å². The van der Waals surface area contributed by atoms with Crippen molar-refractivity contribution in [3.63, 3.8) is 0 Å². The molecule has 84 valence electrons. The monoisotopic (exact) mass is 243 g/mol. The van der Waals surface area contributed by atoms with Crippen LogP contribution in [0.3, 0.4) is 0 Å². The Labute approximate surface area is 103 Å². The smallest absolute Gasteiger partial charge is 0.200 e. The first-order chi connectivity index (χ1) is 8.36. The van der Waals surface area contributed by atoms with Crippen molar-refractivity contribution >= 4 is 12.2 Å². The fourth-order valence-electron chi connectivity index (χ4n) is 1.70. The minimum absolute atomic E-state index is 0.562. The predicted molar refractivity (Wildman–Crippen MR) is 66.5 cm³/mol. The van der Waals surface area contributed by atoms with Crippen LogP contribution in [0.1, 0.15) is 0 Å². The zero-order valence-corrected chi connectivity index (χ0v) is 9.65. The molecule has 17 heavy (non-hydrogen) atoms. The number of aromatic nitrogens is 3. The summed E-state index contributed by atoms with van der Waals surface area (Å²) in [6.45, 7) is 0. The number of hydrogen-bond donors (Lipinski definition) is 1. The third-order valence-corrected chi connectivity index (χ3v) is 2.74. The Hall–Kier alpha value is -2.14. The molecule has 0 saturated heterocycles. The molecule has 0 atom stereocenters. The number of benzene rings is 1. The van der Waals surface area contributed by atoms with E-state index >= 15 is 0 Å². The van der Waals surface area contributed by atoms with Crippen molar-refractivity contribution in [3.8, 4) is 17.1 Å². The lowest BCUT2D eigenvalue weighted by molar-refractivity contribution is 0.568. The Kier molecular flexibility index (Phi) is 2.38. The van der Waals surface area contributed by atoms with Crippen molar-refractivity contribution in [2.24, 2.45) is 0 Å². The maximum Gasteiger partial charge on any atom is 0.200 e. The van der Waals surface area contributed by atoms with E-state index in [0.717, 1.165) is 17.1 Å². The van der Waals surface area contributed by atoms with Crippen LogP contribution in [0.5, 0.6) is 0 Å². The molecule has 5 heteroatoms. The van der Waals surface area contributed by atoms with E-state index in [1.165, 1.54) is 0 Å². The van der Waals surface area contributed by atoms with E-state index in [-0.39, 0.29) is 0 Å². The van der Waals surface area contributed by atoms with Crippen molar-refractivity contribution in [1.82, 2.24) is 14.8 Å².